The third kappa shape index (κ3) is 4.45. The Balaban J connectivity index is 1.40. The molecule has 0 N–H and O–H groups in total. The maximum Gasteiger partial charge on any atom is 0.433 e. The van der Waals surface area contributed by atoms with Gasteiger partial charge >= 0.3 is 6.18 Å². The molecule has 1 saturated heterocycles. The van der Waals surface area contributed by atoms with Gasteiger partial charge in [0, 0.05) is 23.2 Å². The second kappa shape index (κ2) is 9.17. The number of carbonyl (C=O) groups is 1. The van der Waals surface area contributed by atoms with E-state index in [1.54, 1.807) is 0 Å². The molecule has 1 aliphatic heterocycles. The molecule has 2 aliphatic carbocycles. The maximum absolute atomic E-state index is 13.9. The van der Waals surface area contributed by atoms with Crippen LogP contribution in [0.4, 0.5) is 13.2 Å². The van der Waals surface area contributed by atoms with Gasteiger partial charge in [-0.1, -0.05) is 43.0 Å². The van der Waals surface area contributed by atoms with Crippen LogP contribution < -0.4 is 0 Å². The molecule has 2 aromatic rings. The average Bonchev–Trinajstić information content (AvgIpc) is 2.81. The van der Waals surface area contributed by atoms with Crippen molar-refractivity contribution in [3.63, 3.8) is 0 Å². The van der Waals surface area contributed by atoms with Gasteiger partial charge < -0.3 is 4.90 Å². The van der Waals surface area contributed by atoms with E-state index < -0.39 is 11.9 Å². The predicted octanol–water partition coefficient (Wildman–Crippen LogP) is 6.17. The average molecular weight is 490 g/mol. The Labute approximate surface area is 202 Å². The lowest BCUT2D eigenvalue weighted by Crippen LogP contribution is -2.55. The van der Waals surface area contributed by atoms with Crippen molar-refractivity contribution in [2.45, 2.75) is 82.2 Å². The van der Waals surface area contributed by atoms with Crippen LogP contribution in [0.5, 0.6) is 0 Å². The number of halogens is 3. The van der Waals surface area contributed by atoms with Crippen molar-refractivity contribution in [1.82, 2.24) is 14.9 Å². The quantitative estimate of drug-likeness (QED) is 0.382. The number of alkyl halides is 3. The Morgan fingerprint density at radius 2 is 1.88 bits per heavy atom. The lowest BCUT2D eigenvalue weighted by atomic mass is 9.73. The summed E-state index contributed by atoms with van der Waals surface area (Å²) in [5, 5.41) is 0.0228. The molecule has 34 heavy (non-hydrogen) atoms. The number of benzene rings is 1. The largest absolute Gasteiger partial charge is 0.433 e. The number of hydrogen-bond donors (Lipinski definition) is 0. The van der Waals surface area contributed by atoms with Gasteiger partial charge in [-0.2, -0.15) is 13.2 Å². The third-order valence-corrected chi connectivity index (χ3v) is 8.61. The minimum absolute atomic E-state index is 0.0166. The van der Waals surface area contributed by atoms with Gasteiger partial charge in [0.05, 0.1) is 11.4 Å². The number of nitrogens with zero attached hydrogens (tertiary/aromatic N) is 3. The topological polar surface area (TPSA) is 46.1 Å². The molecule has 182 valence electrons. The van der Waals surface area contributed by atoms with Crippen LogP contribution in [0.3, 0.4) is 0 Å². The molecule has 1 aromatic heterocycles. The Morgan fingerprint density at radius 3 is 2.68 bits per heavy atom. The fourth-order valence-corrected chi connectivity index (χ4v) is 6.88. The van der Waals surface area contributed by atoms with Crippen LogP contribution in [0.25, 0.3) is 11.3 Å². The molecule has 4 atom stereocenters. The normalized spacial score (nSPS) is 26.4. The summed E-state index contributed by atoms with van der Waals surface area (Å²) in [6.07, 6.45) is 1.64. The van der Waals surface area contributed by atoms with E-state index in [1.165, 1.54) is 0 Å². The molecule has 0 spiro atoms. The van der Waals surface area contributed by atoms with E-state index in [0.717, 1.165) is 55.0 Å². The Bertz CT molecular complexity index is 1090. The summed E-state index contributed by atoms with van der Waals surface area (Å²) < 4.78 is 41.7. The zero-order chi connectivity index (χ0) is 24.0. The number of piperidine rings is 1. The van der Waals surface area contributed by atoms with Crippen LogP contribution in [0.2, 0.25) is 0 Å². The summed E-state index contributed by atoms with van der Waals surface area (Å²) in [6.45, 7) is 4.37. The Hall–Kier alpha value is -2.09. The van der Waals surface area contributed by atoms with E-state index in [1.807, 2.05) is 29.2 Å². The molecule has 1 saturated carbocycles. The molecule has 5 rings (SSSR count). The van der Waals surface area contributed by atoms with Crippen molar-refractivity contribution in [2.24, 2.45) is 11.8 Å². The number of fused-ring (bicyclic) bond motifs is 4. The van der Waals surface area contributed by atoms with Gasteiger partial charge in [0.25, 0.3) is 0 Å². The number of rotatable bonds is 3. The Kier molecular flexibility index (Phi) is 6.38. The van der Waals surface area contributed by atoms with Gasteiger partial charge in [0.1, 0.15) is 0 Å². The number of thioether (sulfide) groups is 1. The van der Waals surface area contributed by atoms with Crippen LogP contribution in [0, 0.1) is 11.8 Å². The van der Waals surface area contributed by atoms with Crippen molar-refractivity contribution in [1.29, 1.82) is 0 Å². The van der Waals surface area contributed by atoms with Crippen molar-refractivity contribution >= 4 is 17.7 Å². The lowest BCUT2D eigenvalue weighted by molar-refractivity contribution is -0.142. The summed E-state index contributed by atoms with van der Waals surface area (Å²) in [5.41, 5.74) is 1.37. The monoisotopic (exact) mass is 489 g/mol. The molecule has 2 fully saturated rings. The summed E-state index contributed by atoms with van der Waals surface area (Å²) in [6, 6.07) is 7.87. The number of amides is 1. The number of hydrogen-bond acceptors (Lipinski definition) is 4. The summed E-state index contributed by atoms with van der Waals surface area (Å²) in [4.78, 5) is 23.8. The van der Waals surface area contributed by atoms with Crippen LogP contribution in [0.15, 0.2) is 29.4 Å². The second-order valence-corrected chi connectivity index (χ2v) is 11.0. The van der Waals surface area contributed by atoms with E-state index in [9.17, 15) is 18.0 Å². The first-order valence-electron chi connectivity index (χ1n) is 12.2. The highest BCUT2D eigenvalue weighted by Gasteiger charge is 2.41. The van der Waals surface area contributed by atoms with Crippen molar-refractivity contribution < 1.29 is 18.0 Å². The second-order valence-electron chi connectivity index (χ2n) is 10.1. The van der Waals surface area contributed by atoms with Gasteiger partial charge in [0.2, 0.25) is 5.91 Å². The number of carbonyl (C=O) groups excluding carboxylic acids is 1. The van der Waals surface area contributed by atoms with Crippen molar-refractivity contribution in [2.75, 3.05) is 5.75 Å². The van der Waals surface area contributed by atoms with Gasteiger partial charge in [-0.15, -0.1) is 0 Å². The number of likely N-dealkylation sites (tertiary alicyclic amines) is 1. The van der Waals surface area contributed by atoms with E-state index in [0.29, 0.717) is 24.0 Å². The van der Waals surface area contributed by atoms with Crippen LogP contribution >= 0.6 is 11.8 Å². The van der Waals surface area contributed by atoms with E-state index in [2.05, 4.69) is 23.8 Å². The molecule has 3 aliphatic rings. The van der Waals surface area contributed by atoms with Crippen molar-refractivity contribution in [3.05, 3.63) is 41.1 Å². The number of aromatic nitrogens is 2. The standard InChI is InChI=1S/C26H30F3N3OS/c1-15-7-12-21-18(13-15)9-8-16(2)32(21)22(33)14-34-25-30-23-19-6-4-3-5-17(19)10-11-20(23)24(31-25)26(27,28)29/h3-6,15-16,18,21H,7-14H2,1-2H3/t15-,16-,18+,21-/m1/s1. The van der Waals surface area contributed by atoms with Crippen LogP contribution in [-0.4, -0.2) is 38.6 Å². The van der Waals surface area contributed by atoms with Gasteiger partial charge in [-0.3, -0.25) is 4.79 Å². The lowest BCUT2D eigenvalue weighted by Gasteiger charge is -2.49. The van der Waals surface area contributed by atoms with Gasteiger partial charge in [-0.25, -0.2) is 9.97 Å². The fraction of sp³-hybridized carbons (Fsp3) is 0.577. The molecule has 0 bridgehead atoms. The number of aryl methyl sites for hydroxylation is 1. The van der Waals surface area contributed by atoms with Crippen LogP contribution in [-0.2, 0) is 23.8 Å². The zero-order valence-electron chi connectivity index (χ0n) is 19.6. The highest BCUT2D eigenvalue weighted by molar-refractivity contribution is 7.99. The molecule has 1 amide bonds. The highest BCUT2D eigenvalue weighted by atomic mass is 32.2. The van der Waals surface area contributed by atoms with Gasteiger partial charge in [0.15, 0.2) is 10.9 Å². The molecule has 1 aromatic carbocycles. The van der Waals surface area contributed by atoms with E-state index >= 15 is 0 Å². The molecule has 2 heterocycles. The first-order valence-corrected chi connectivity index (χ1v) is 13.2. The SMILES string of the molecule is C[C@@H]1CC[C@@H]2[C@@H](CC[C@@H](C)N2C(=O)CSc2nc3c(c(C(F)(F)F)n2)CCc2ccccc2-3)C1. The van der Waals surface area contributed by atoms with Crippen LogP contribution in [0.1, 0.15) is 62.8 Å². The molecule has 4 nitrogen and oxygen atoms in total. The molecule has 8 heteroatoms. The van der Waals surface area contributed by atoms with Crippen molar-refractivity contribution in [3.8, 4) is 11.3 Å². The zero-order valence-corrected chi connectivity index (χ0v) is 20.4. The minimum Gasteiger partial charge on any atom is -0.336 e. The molecular weight excluding hydrogens is 459 g/mol. The highest BCUT2D eigenvalue weighted by Crippen LogP contribution is 2.42. The minimum atomic E-state index is -4.56. The van der Waals surface area contributed by atoms with E-state index in [4.69, 9.17) is 0 Å². The summed E-state index contributed by atoms with van der Waals surface area (Å²) >= 11 is 1.03. The molecular formula is C26H30F3N3OS. The van der Waals surface area contributed by atoms with Gasteiger partial charge in [-0.05, 0) is 69.3 Å². The predicted molar refractivity (Wildman–Crippen MR) is 126 cm³/mol. The Morgan fingerprint density at radius 1 is 1.09 bits per heavy atom. The molecule has 0 unspecified atom stereocenters. The smallest absolute Gasteiger partial charge is 0.336 e. The summed E-state index contributed by atoms with van der Waals surface area (Å²) in [5.74, 6) is 1.26. The molecule has 0 radical (unpaired) electrons. The maximum atomic E-state index is 13.9. The third-order valence-electron chi connectivity index (χ3n) is 7.78. The first kappa shape index (κ1) is 23.6. The fourth-order valence-electron chi connectivity index (χ4n) is 6.16. The summed E-state index contributed by atoms with van der Waals surface area (Å²) in [7, 11) is 0. The first-order chi connectivity index (χ1) is 16.2. The van der Waals surface area contributed by atoms with E-state index in [-0.39, 0.29) is 40.9 Å².